The van der Waals surface area contributed by atoms with Crippen LogP contribution in [0.1, 0.15) is 56.6 Å². The standard InChI is InChI=1S/C46H50N2O7S/c1-9-37-43-34(17-20-47(37)3)36(27-53-26-31-18-21-56-28-31)44(51-7)46(52-8)45(43)55-42-25-35-32(24-40(42)50-6)16-19-48(4)38(35)23-30-11-13-33(14-12-30)54-41-22-29(2)10-15-39(41)49-5/h1,10-15,18,21-22,24-25,28,37-38H,16-17,19-20,23,26-27H2,2-8H3/t37-,38-/m0/s1. The van der Waals surface area contributed by atoms with E-state index in [4.69, 9.17) is 39.6 Å². The molecule has 9 nitrogen and oxygen atoms in total. The average Bonchev–Trinajstić information content (AvgIpc) is 3.73. The molecular weight excluding hydrogens is 725 g/mol. The second kappa shape index (κ2) is 17.3. The first-order valence-corrected chi connectivity index (χ1v) is 19.8. The van der Waals surface area contributed by atoms with Crippen LogP contribution in [-0.2, 0) is 37.2 Å². The van der Waals surface area contributed by atoms with Crippen LogP contribution < -0.4 is 28.4 Å². The maximum atomic E-state index is 7.02. The van der Waals surface area contributed by atoms with Crippen molar-refractivity contribution in [2.75, 3.05) is 55.6 Å². The molecule has 0 N–H and O–H groups in total. The predicted molar refractivity (Wildman–Crippen MR) is 220 cm³/mol. The molecule has 2 atom stereocenters. The van der Waals surface area contributed by atoms with Gasteiger partial charge in [-0.3, -0.25) is 9.80 Å². The lowest BCUT2D eigenvalue weighted by Gasteiger charge is -2.36. The van der Waals surface area contributed by atoms with Crippen molar-refractivity contribution in [2.45, 2.75) is 51.5 Å². The van der Waals surface area contributed by atoms with Crippen molar-refractivity contribution in [3.8, 4) is 58.3 Å². The highest BCUT2D eigenvalue weighted by molar-refractivity contribution is 7.07. The van der Waals surface area contributed by atoms with E-state index in [2.05, 4.69) is 63.9 Å². The maximum Gasteiger partial charge on any atom is 0.204 e. The number of ether oxygens (including phenoxy) is 7. The summed E-state index contributed by atoms with van der Waals surface area (Å²) in [5.74, 6) is 7.95. The van der Waals surface area contributed by atoms with E-state index in [0.29, 0.717) is 53.5 Å². The Labute approximate surface area is 334 Å². The molecule has 7 rings (SSSR count). The van der Waals surface area contributed by atoms with Crippen LogP contribution in [0.2, 0.25) is 0 Å². The molecule has 0 fully saturated rings. The first-order valence-electron chi connectivity index (χ1n) is 18.8. The zero-order valence-corrected chi connectivity index (χ0v) is 34.1. The van der Waals surface area contributed by atoms with Gasteiger partial charge in [0.1, 0.15) is 11.8 Å². The molecule has 0 amide bonds. The van der Waals surface area contributed by atoms with Gasteiger partial charge in [0.25, 0.3) is 0 Å². The summed E-state index contributed by atoms with van der Waals surface area (Å²) in [5, 5.41) is 4.15. The van der Waals surface area contributed by atoms with E-state index in [-0.39, 0.29) is 12.1 Å². The summed E-state index contributed by atoms with van der Waals surface area (Å²) in [6.45, 7) is 4.55. The van der Waals surface area contributed by atoms with E-state index in [1.54, 1.807) is 39.8 Å². The third kappa shape index (κ3) is 7.91. The van der Waals surface area contributed by atoms with Crippen LogP contribution in [0, 0.1) is 19.3 Å². The van der Waals surface area contributed by atoms with Crippen molar-refractivity contribution in [1.82, 2.24) is 9.80 Å². The summed E-state index contributed by atoms with van der Waals surface area (Å²) in [6, 6.07) is 20.3. The average molecular weight is 775 g/mol. The molecule has 0 bridgehead atoms. The summed E-state index contributed by atoms with van der Waals surface area (Å²) >= 11 is 1.65. The van der Waals surface area contributed by atoms with Crippen LogP contribution in [0.25, 0.3) is 0 Å². The fraction of sp³-hybridized carbons (Fsp3) is 0.348. The van der Waals surface area contributed by atoms with E-state index in [1.165, 1.54) is 16.7 Å². The fourth-order valence-corrected chi connectivity index (χ4v) is 8.53. The highest BCUT2D eigenvalue weighted by Gasteiger charge is 2.36. The van der Waals surface area contributed by atoms with E-state index < -0.39 is 0 Å². The number of benzene rings is 4. The predicted octanol–water partition coefficient (Wildman–Crippen LogP) is 9.33. The van der Waals surface area contributed by atoms with Crippen LogP contribution in [0.3, 0.4) is 0 Å². The maximum absolute atomic E-state index is 7.02. The van der Waals surface area contributed by atoms with Gasteiger partial charge in [-0.1, -0.05) is 24.1 Å². The molecule has 1 aromatic heterocycles. The summed E-state index contributed by atoms with van der Waals surface area (Å²) < 4.78 is 43.3. The molecule has 292 valence electrons. The van der Waals surface area contributed by atoms with Gasteiger partial charge >= 0.3 is 0 Å². The van der Waals surface area contributed by atoms with Gasteiger partial charge in [-0.15, -0.1) is 6.42 Å². The number of methoxy groups -OCH3 is 4. The first kappa shape index (κ1) is 39.1. The Bertz CT molecular complexity index is 2200. The minimum Gasteiger partial charge on any atom is -0.493 e. The molecule has 0 radical (unpaired) electrons. The van der Waals surface area contributed by atoms with Gasteiger partial charge in [0, 0.05) is 30.3 Å². The van der Waals surface area contributed by atoms with Gasteiger partial charge in [-0.25, -0.2) is 0 Å². The largest absolute Gasteiger partial charge is 0.493 e. The fourth-order valence-electron chi connectivity index (χ4n) is 7.88. The van der Waals surface area contributed by atoms with Crippen molar-refractivity contribution in [1.29, 1.82) is 0 Å². The van der Waals surface area contributed by atoms with Gasteiger partial charge in [0.05, 0.1) is 41.7 Å². The Morgan fingerprint density at radius 3 is 2.18 bits per heavy atom. The lowest BCUT2D eigenvalue weighted by atomic mass is 9.87. The number of hydrogen-bond acceptors (Lipinski definition) is 10. The van der Waals surface area contributed by atoms with Crippen LogP contribution in [0.4, 0.5) is 0 Å². The first-order chi connectivity index (χ1) is 27.3. The van der Waals surface area contributed by atoms with Gasteiger partial charge in [0.15, 0.2) is 34.5 Å². The Hall–Kier alpha value is -5.18. The van der Waals surface area contributed by atoms with Gasteiger partial charge in [-0.2, -0.15) is 11.3 Å². The third-order valence-corrected chi connectivity index (χ3v) is 11.6. The van der Waals surface area contributed by atoms with Crippen LogP contribution in [0.5, 0.6) is 46.0 Å². The van der Waals surface area contributed by atoms with Crippen LogP contribution in [0.15, 0.2) is 71.4 Å². The zero-order chi connectivity index (χ0) is 39.3. The van der Waals surface area contributed by atoms with Gasteiger partial charge in [-0.05, 0) is 127 Å². The number of likely N-dealkylation sites (N-methyl/N-ethyl adjacent to an activating group) is 2. The van der Waals surface area contributed by atoms with Crippen LogP contribution in [-0.4, -0.2) is 65.4 Å². The minimum atomic E-state index is -0.356. The molecule has 10 heteroatoms. The van der Waals surface area contributed by atoms with E-state index in [1.807, 2.05) is 44.3 Å². The Morgan fingerprint density at radius 1 is 0.732 bits per heavy atom. The molecule has 0 saturated carbocycles. The highest BCUT2D eigenvalue weighted by atomic mass is 32.1. The van der Waals surface area contributed by atoms with E-state index in [0.717, 1.165) is 65.9 Å². The van der Waals surface area contributed by atoms with Crippen molar-refractivity contribution in [3.05, 3.63) is 116 Å². The molecule has 0 spiro atoms. The molecule has 56 heavy (non-hydrogen) atoms. The lowest BCUT2D eigenvalue weighted by Crippen LogP contribution is -2.33. The topological polar surface area (TPSA) is 71.1 Å². The van der Waals surface area contributed by atoms with E-state index in [9.17, 15) is 0 Å². The Kier molecular flexibility index (Phi) is 12.1. The summed E-state index contributed by atoms with van der Waals surface area (Å²) in [4.78, 5) is 4.57. The lowest BCUT2D eigenvalue weighted by molar-refractivity contribution is 0.104. The molecule has 2 aliphatic rings. The molecule has 4 aromatic carbocycles. The second-order valence-corrected chi connectivity index (χ2v) is 15.1. The third-order valence-electron chi connectivity index (χ3n) is 10.9. The number of hydrogen-bond donors (Lipinski definition) is 0. The normalized spacial score (nSPS) is 16.7. The zero-order valence-electron chi connectivity index (χ0n) is 33.3. The smallest absolute Gasteiger partial charge is 0.204 e. The second-order valence-electron chi connectivity index (χ2n) is 14.3. The monoisotopic (exact) mass is 774 g/mol. The number of nitrogens with zero attached hydrogens (tertiary/aromatic N) is 2. The molecular formula is C46H50N2O7S. The molecule has 5 aromatic rings. The minimum absolute atomic E-state index is 0.0910. The number of terminal acetylenes is 1. The van der Waals surface area contributed by atoms with Crippen molar-refractivity contribution >= 4 is 11.3 Å². The SMILES string of the molecule is C#C[C@H]1c2c(c(COCc3ccsc3)c(OC)c(OC)c2Oc2cc3c(cc2OC)CCN(C)[C@H]3Cc2ccc(Oc3cc(C)ccc3OC)cc2)CCN1C. The Balaban J connectivity index is 1.23. The van der Waals surface area contributed by atoms with Gasteiger partial charge < -0.3 is 33.2 Å². The van der Waals surface area contributed by atoms with Crippen molar-refractivity contribution in [3.63, 3.8) is 0 Å². The molecule has 0 aliphatic carbocycles. The summed E-state index contributed by atoms with van der Waals surface area (Å²) in [7, 11) is 10.8. The number of thiophene rings is 1. The van der Waals surface area contributed by atoms with Gasteiger partial charge in [0.2, 0.25) is 5.75 Å². The summed E-state index contributed by atoms with van der Waals surface area (Å²) in [6.07, 6.45) is 8.70. The van der Waals surface area contributed by atoms with Crippen molar-refractivity contribution < 1.29 is 33.2 Å². The van der Waals surface area contributed by atoms with E-state index >= 15 is 0 Å². The highest BCUT2D eigenvalue weighted by Crippen LogP contribution is 2.53. The number of rotatable bonds is 14. The molecule has 0 saturated heterocycles. The number of fused-ring (bicyclic) bond motifs is 2. The molecule has 2 aliphatic heterocycles. The number of aryl methyl sites for hydroxylation is 1. The Morgan fingerprint density at radius 2 is 1.48 bits per heavy atom. The molecule has 0 unspecified atom stereocenters. The summed E-state index contributed by atoms with van der Waals surface area (Å²) in [5.41, 5.74) is 8.70. The quantitative estimate of drug-likeness (QED) is 0.103. The molecule has 3 heterocycles. The van der Waals surface area contributed by atoms with Crippen LogP contribution >= 0.6 is 11.3 Å². The van der Waals surface area contributed by atoms with Crippen molar-refractivity contribution in [2.24, 2.45) is 0 Å².